The van der Waals surface area contributed by atoms with Crippen LogP contribution in [0, 0.1) is 0 Å². The molecule has 0 aromatic heterocycles. The van der Waals surface area contributed by atoms with E-state index in [0.29, 0.717) is 70.9 Å². The Morgan fingerprint density at radius 3 is 1.71 bits per heavy atom. The lowest BCUT2D eigenvalue weighted by molar-refractivity contribution is -0.442. The number of carbonyl (C=O) groups excluding carboxylic acids is 3. The lowest BCUT2D eigenvalue weighted by Crippen LogP contribution is -2.33. The minimum Gasteiger partial charge on any atom is -0.382 e. The third-order valence-corrected chi connectivity index (χ3v) is 18.7. The van der Waals surface area contributed by atoms with Crippen LogP contribution >= 0.6 is 0 Å². The minimum absolute atomic E-state index is 0.0186. The molecule has 458 valence electrons. The molecule has 3 aliphatic heterocycles. The predicted octanol–water partition coefficient (Wildman–Crippen LogP) is 5.27. The zero-order valence-electron chi connectivity index (χ0n) is 46.2. The Kier molecular flexibility index (Phi) is 20.0. The standard InChI is InChI=1S/C53H63N3O23S5/c1-34(9-15-45-52(2,3)50-39-30-35(81(63,64)65)32-43(83(69,70)71)37(39)11-13-41(50)54(45)20-6-8-49(59)79-56-47(57)17-18-48(56)58)10-16-46-53(4,19-7-29-80(60,61)62)51-40-31-36(82(66,67)68)33-44(84(72,73)74)38(40)12-14-42(51)55(46)21-22-76-25-26-78-28-27-77-24-23-75-5/h9-16,30-33H,6-8,17-29H2,1-5H3,(H4-,60,61,62,63,64,65,66,67,68,69,70,71,72,73,74)/p+1. The zero-order valence-corrected chi connectivity index (χ0v) is 50.3. The molecule has 4 aromatic rings. The number of benzene rings is 4. The maximum absolute atomic E-state index is 13.0. The summed E-state index contributed by atoms with van der Waals surface area (Å²) in [5, 5.41) is 0.142. The van der Waals surface area contributed by atoms with Gasteiger partial charge in [-0.15, -0.1) is 5.06 Å². The molecule has 7 rings (SSSR count). The van der Waals surface area contributed by atoms with Gasteiger partial charge < -0.3 is 28.7 Å². The van der Waals surface area contributed by atoms with Crippen LogP contribution in [0.15, 0.2) is 104 Å². The van der Waals surface area contributed by atoms with Gasteiger partial charge in [0.25, 0.3) is 62.4 Å². The van der Waals surface area contributed by atoms with E-state index in [1.54, 1.807) is 68.6 Å². The molecule has 2 amide bonds. The number of ether oxygens (including phenoxy) is 4. The van der Waals surface area contributed by atoms with Gasteiger partial charge in [-0.05, 0) is 91.9 Å². The number of hydrogen-bond acceptors (Lipinski definition) is 19. The van der Waals surface area contributed by atoms with Gasteiger partial charge in [0.1, 0.15) is 16.4 Å². The van der Waals surface area contributed by atoms with Gasteiger partial charge in [-0.2, -0.15) is 46.7 Å². The summed E-state index contributed by atoms with van der Waals surface area (Å²) in [4.78, 5) is 40.9. The van der Waals surface area contributed by atoms with Crippen LogP contribution < -0.4 is 4.90 Å². The van der Waals surface area contributed by atoms with E-state index >= 15 is 0 Å². The molecule has 0 aliphatic carbocycles. The van der Waals surface area contributed by atoms with Crippen LogP contribution in [0.1, 0.15) is 77.3 Å². The number of allylic oxidation sites excluding steroid dienone is 6. The molecule has 1 atom stereocenters. The predicted molar refractivity (Wildman–Crippen MR) is 302 cm³/mol. The van der Waals surface area contributed by atoms with Crippen molar-refractivity contribution in [3.05, 3.63) is 95.2 Å². The van der Waals surface area contributed by atoms with Gasteiger partial charge in [0.05, 0.1) is 60.6 Å². The maximum atomic E-state index is 13.0. The number of methoxy groups -OCH3 is 1. The highest BCUT2D eigenvalue weighted by atomic mass is 32.2. The third kappa shape index (κ3) is 14.8. The first-order valence-electron chi connectivity index (χ1n) is 26.0. The van der Waals surface area contributed by atoms with Crippen molar-refractivity contribution in [2.75, 3.05) is 77.1 Å². The van der Waals surface area contributed by atoms with E-state index in [9.17, 15) is 79.2 Å². The van der Waals surface area contributed by atoms with Crippen LogP contribution in [0.25, 0.3) is 21.5 Å². The van der Waals surface area contributed by atoms with Crippen molar-refractivity contribution < 1.29 is 108 Å². The molecule has 4 aromatic carbocycles. The Labute approximate surface area is 486 Å². The highest BCUT2D eigenvalue weighted by Crippen LogP contribution is 2.52. The summed E-state index contributed by atoms with van der Waals surface area (Å²) in [5.74, 6) is -2.99. The van der Waals surface area contributed by atoms with E-state index in [4.69, 9.17) is 23.8 Å². The Hall–Kier alpha value is -5.91. The summed E-state index contributed by atoms with van der Waals surface area (Å²) < 4.78 is 201. The molecule has 3 aliphatic rings. The third-order valence-electron chi connectivity index (χ3n) is 14.5. The summed E-state index contributed by atoms with van der Waals surface area (Å²) in [6.07, 6.45) is 5.90. The fraction of sp³-hybridized carbons (Fsp3) is 0.434. The number of hydroxylamine groups is 2. The van der Waals surface area contributed by atoms with E-state index in [1.165, 1.54) is 24.3 Å². The molecule has 31 heteroatoms. The average molecular weight is 1270 g/mol. The summed E-state index contributed by atoms with van der Waals surface area (Å²) in [7, 11) is -23.5. The molecule has 26 nitrogen and oxygen atoms in total. The Morgan fingerprint density at radius 1 is 0.667 bits per heavy atom. The van der Waals surface area contributed by atoms with E-state index in [2.05, 4.69) is 0 Å². The lowest BCUT2D eigenvalue weighted by Gasteiger charge is -2.27. The normalized spacial score (nSPS) is 18.4. The molecule has 1 unspecified atom stereocenters. The first-order valence-corrected chi connectivity index (χ1v) is 33.3. The summed E-state index contributed by atoms with van der Waals surface area (Å²) in [5.41, 5.74) is 0.213. The van der Waals surface area contributed by atoms with E-state index in [-0.39, 0.29) is 105 Å². The number of rotatable bonds is 28. The number of imide groups is 1. The number of hydrogen-bond donors (Lipinski definition) is 5. The van der Waals surface area contributed by atoms with Crippen LogP contribution in [-0.2, 0) is 99.6 Å². The van der Waals surface area contributed by atoms with Crippen LogP contribution in [0.2, 0.25) is 0 Å². The molecule has 0 spiro atoms. The number of amides is 2. The van der Waals surface area contributed by atoms with Crippen LogP contribution in [0.5, 0.6) is 0 Å². The number of anilines is 1. The molecule has 1 fully saturated rings. The van der Waals surface area contributed by atoms with Gasteiger partial charge >= 0.3 is 5.97 Å². The van der Waals surface area contributed by atoms with Crippen LogP contribution in [0.4, 0.5) is 11.4 Å². The number of fused-ring (bicyclic) bond motifs is 6. The maximum Gasteiger partial charge on any atom is 0.333 e. The zero-order chi connectivity index (χ0) is 62.0. The van der Waals surface area contributed by atoms with Crippen molar-refractivity contribution in [1.82, 2.24) is 5.06 Å². The Balaban J connectivity index is 1.34. The molecule has 0 saturated carbocycles. The lowest BCUT2D eigenvalue weighted by atomic mass is 9.74. The number of carbonyl (C=O) groups is 3. The molecular weight excluding hydrogens is 1210 g/mol. The van der Waals surface area contributed by atoms with Gasteiger partial charge in [-0.1, -0.05) is 37.6 Å². The summed E-state index contributed by atoms with van der Waals surface area (Å²) >= 11 is 0. The van der Waals surface area contributed by atoms with Gasteiger partial charge in [0.2, 0.25) is 5.69 Å². The van der Waals surface area contributed by atoms with Crippen LogP contribution in [0.3, 0.4) is 0 Å². The SMILES string of the molecule is COCCOCCOCCOCC[N+]1=C(/C=C/C(C)=C/C=C2/N(CCCC(=O)ON3C(=O)CCC3=O)c3ccc4c(S(=O)(=O)O)cc(S(=O)(=O)O)cc4c3C2(C)C)C(C)(CCCS(=O)(=O)O)c2c1ccc1c(S(=O)(=O)O)cc(S(=O)(=O)O)cc21. The first kappa shape index (κ1) is 65.6. The second-order valence-electron chi connectivity index (χ2n) is 20.7. The van der Waals surface area contributed by atoms with Crippen molar-refractivity contribution in [3.8, 4) is 0 Å². The minimum atomic E-state index is -5.17. The van der Waals surface area contributed by atoms with Gasteiger partial charge in [-0.3, -0.25) is 32.4 Å². The van der Waals surface area contributed by atoms with E-state index in [1.807, 2.05) is 0 Å². The van der Waals surface area contributed by atoms with E-state index < -0.39 is 105 Å². The molecule has 1 saturated heterocycles. The fourth-order valence-corrected chi connectivity index (χ4v) is 13.9. The van der Waals surface area contributed by atoms with Gasteiger partial charge in [0.15, 0.2) is 12.3 Å². The molecule has 0 radical (unpaired) electrons. The second-order valence-corrected chi connectivity index (χ2v) is 27.9. The molecular formula is C53H64N3O23S5+. The largest absolute Gasteiger partial charge is 0.382 e. The monoisotopic (exact) mass is 1270 g/mol. The van der Waals surface area contributed by atoms with Gasteiger partial charge in [0, 0.05) is 78.2 Å². The highest BCUT2D eigenvalue weighted by molar-refractivity contribution is 7.87. The van der Waals surface area contributed by atoms with E-state index in [0.717, 1.165) is 12.1 Å². The van der Waals surface area contributed by atoms with Crippen molar-refractivity contribution in [1.29, 1.82) is 0 Å². The Bertz CT molecular complexity index is 4010. The van der Waals surface area contributed by atoms with Crippen molar-refractivity contribution in [2.45, 2.75) is 96.6 Å². The first-order chi connectivity index (χ1) is 39.1. The average Bonchev–Trinajstić information content (AvgIpc) is 1.85. The smallest absolute Gasteiger partial charge is 0.333 e. The van der Waals surface area contributed by atoms with Crippen molar-refractivity contribution in [2.24, 2.45) is 0 Å². The quantitative estimate of drug-likeness (QED) is 0.0159. The number of nitrogens with zero attached hydrogens (tertiary/aromatic N) is 3. The van der Waals surface area contributed by atoms with Crippen molar-refractivity contribution >= 4 is 107 Å². The highest BCUT2D eigenvalue weighted by Gasteiger charge is 2.49. The molecule has 0 bridgehead atoms. The molecule has 3 heterocycles. The summed E-state index contributed by atoms with van der Waals surface area (Å²) in [6.45, 7) is 8.64. The Morgan fingerprint density at radius 2 is 1.19 bits per heavy atom. The fourth-order valence-electron chi connectivity index (χ4n) is 10.7. The van der Waals surface area contributed by atoms with Gasteiger partial charge in [-0.25, -0.2) is 4.79 Å². The topological polar surface area (TPSA) is 379 Å². The molecule has 84 heavy (non-hydrogen) atoms. The summed E-state index contributed by atoms with van der Waals surface area (Å²) in [6, 6.07) is 9.08. The second kappa shape index (κ2) is 25.6. The molecule has 5 N–H and O–H groups in total. The van der Waals surface area contributed by atoms with Crippen molar-refractivity contribution in [3.63, 3.8) is 0 Å². The van der Waals surface area contributed by atoms with Crippen LogP contribution in [-0.4, -0.2) is 170 Å².